The fourth-order valence-corrected chi connectivity index (χ4v) is 2.83. The van der Waals surface area contributed by atoms with E-state index in [4.69, 9.17) is 5.11 Å². The van der Waals surface area contributed by atoms with Crippen molar-refractivity contribution < 1.29 is 14.5 Å². The monoisotopic (exact) mass is 277 g/mol. The number of carbonyl (C=O) groups excluding carboxylic acids is 1. The summed E-state index contributed by atoms with van der Waals surface area (Å²) in [5.41, 5.74) is 1.23. The molecule has 0 saturated carbocycles. The first-order valence-corrected chi connectivity index (χ1v) is 7.57. The summed E-state index contributed by atoms with van der Waals surface area (Å²) < 4.78 is 2.05. The van der Waals surface area contributed by atoms with Crippen LogP contribution in [0.5, 0.6) is 0 Å². The summed E-state index contributed by atoms with van der Waals surface area (Å²) in [4.78, 5) is 14.3. The van der Waals surface area contributed by atoms with Gasteiger partial charge in [-0.05, 0) is 38.2 Å². The molecule has 110 valence electrons. The smallest absolute Gasteiger partial charge is 0.229 e. The van der Waals surface area contributed by atoms with Crippen molar-refractivity contribution in [1.82, 2.24) is 4.90 Å². The minimum absolute atomic E-state index is 0.168. The number of rotatable bonds is 5. The standard InChI is InChI=1S/C16H25N2O2/c1-14-5-10-17(11-6-14)12-7-16(20)18-9-3-2-4-15(18)8-13-19/h5-6,10-11,15,19H,2-4,7-9,12-13H2,1H3/q+1. The van der Waals surface area contributed by atoms with E-state index in [1.807, 2.05) is 17.3 Å². The SMILES string of the molecule is Cc1cc[n+](CCC(=O)N2CCCCC2CCO)cc1. The number of aliphatic hydroxyl groups excluding tert-OH is 1. The Morgan fingerprint density at radius 3 is 2.85 bits per heavy atom. The number of aliphatic hydroxyl groups is 1. The van der Waals surface area contributed by atoms with E-state index in [-0.39, 0.29) is 18.6 Å². The summed E-state index contributed by atoms with van der Waals surface area (Å²) >= 11 is 0. The van der Waals surface area contributed by atoms with Crippen LogP contribution in [0.2, 0.25) is 0 Å². The van der Waals surface area contributed by atoms with Crippen LogP contribution in [-0.2, 0) is 11.3 Å². The molecule has 0 aromatic carbocycles. The third kappa shape index (κ3) is 4.04. The van der Waals surface area contributed by atoms with Crippen molar-refractivity contribution in [1.29, 1.82) is 0 Å². The van der Waals surface area contributed by atoms with Gasteiger partial charge >= 0.3 is 0 Å². The first-order valence-electron chi connectivity index (χ1n) is 7.57. The fraction of sp³-hybridized carbons (Fsp3) is 0.625. The zero-order valence-electron chi connectivity index (χ0n) is 12.3. The molecule has 1 N–H and O–H groups in total. The molecule has 1 fully saturated rings. The molecule has 1 aliphatic rings. The van der Waals surface area contributed by atoms with E-state index < -0.39 is 0 Å². The van der Waals surface area contributed by atoms with Crippen LogP contribution in [0.4, 0.5) is 0 Å². The van der Waals surface area contributed by atoms with Crippen LogP contribution in [0.25, 0.3) is 0 Å². The zero-order valence-corrected chi connectivity index (χ0v) is 12.3. The highest BCUT2D eigenvalue weighted by Gasteiger charge is 2.26. The van der Waals surface area contributed by atoms with Gasteiger partial charge < -0.3 is 10.0 Å². The molecule has 1 aromatic rings. The molecule has 2 rings (SSSR count). The maximum absolute atomic E-state index is 12.4. The van der Waals surface area contributed by atoms with Crippen LogP contribution in [0.3, 0.4) is 0 Å². The molecule has 0 spiro atoms. The van der Waals surface area contributed by atoms with E-state index in [2.05, 4.69) is 23.6 Å². The summed E-state index contributed by atoms with van der Waals surface area (Å²) in [6.45, 7) is 3.80. The molecule has 1 aliphatic heterocycles. The van der Waals surface area contributed by atoms with Crippen LogP contribution < -0.4 is 4.57 Å². The second-order valence-electron chi connectivity index (χ2n) is 5.61. The molecule has 0 radical (unpaired) electrons. The maximum Gasteiger partial charge on any atom is 0.229 e. The number of pyridine rings is 1. The van der Waals surface area contributed by atoms with E-state index >= 15 is 0 Å². The van der Waals surface area contributed by atoms with Crippen molar-refractivity contribution in [2.45, 2.75) is 51.6 Å². The molecular weight excluding hydrogens is 252 g/mol. The van der Waals surface area contributed by atoms with Crippen LogP contribution in [0, 0.1) is 6.92 Å². The minimum Gasteiger partial charge on any atom is -0.396 e. The van der Waals surface area contributed by atoms with Gasteiger partial charge in [-0.1, -0.05) is 0 Å². The molecule has 1 amide bonds. The van der Waals surface area contributed by atoms with Crippen molar-refractivity contribution >= 4 is 5.91 Å². The topological polar surface area (TPSA) is 44.4 Å². The summed E-state index contributed by atoms with van der Waals surface area (Å²) in [5, 5.41) is 9.11. The van der Waals surface area contributed by atoms with Gasteiger partial charge in [0.1, 0.15) is 0 Å². The average Bonchev–Trinajstić information content (AvgIpc) is 2.47. The predicted octanol–water partition coefficient (Wildman–Crippen LogP) is 1.44. The number of hydrogen-bond acceptors (Lipinski definition) is 2. The summed E-state index contributed by atoms with van der Waals surface area (Å²) in [6.07, 6.45) is 8.57. The van der Waals surface area contributed by atoms with Crippen LogP contribution >= 0.6 is 0 Å². The summed E-state index contributed by atoms with van der Waals surface area (Å²) in [6, 6.07) is 4.35. The number of piperidine rings is 1. The van der Waals surface area contributed by atoms with Crippen molar-refractivity contribution in [3.63, 3.8) is 0 Å². The second-order valence-corrected chi connectivity index (χ2v) is 5.61. The number of amides is 1. The Hall–Kier alpha value is -1.42. The Morgan fingerprint density at radius 1 is 1.40 bits per heavy atom. The van der Waals surface area contributed by atoms with E-state index in [1.54, 1.807) is 0 Å². The van der Waals surface area contributed by atoms with Crippen LogP contribution in [-0.4, -0.2) is 35.1 Å². The second kappa shape index (κ2) is 7.39. The summed E-state index contributed by atoms with van der Waals surface area (Å²) in [7, 11) is 0. The lowest BCUT2D eigenvalue weighted by Gasteiger charge is -2.35. The van der Waals surface area contributed by atoms with Gasteiger partial charge in [0.15, 0.2) is 18.9 Å². The Balaban J connectivity index is 1.88. The lowest BCUT2D eigenvalue weighted by molar-refractivity contribution is -0.696. The molecule has 0 bridgehead atoms. The number of nitrogens with zero attached hydrogens (tertiary/aromatic N) is 2. The van der Waals surface area contributed by atoms with Gasteiger partial charge in [-0.3, -0.25) is 4.79 Å². The Kier molecular flexibility index (Phi) is 5.53. The predicted molar refractivity (Wildman–Crippen MR) is 77.0 cm³/mol. The zero-order chi connectivity index (χ0) is 14.4. The minimum atomic E-state index is 0.168. The lowest BCUT2D eigenvalue weighted by atomic mass is 9.99. The van der Waals surface area contributed by atoms with E-state index in [9.17, 15) is 4.79 Å². The number of aryl methyl sites for hydroxylation is 2. The molecule has 1 aromatic heterocycles. The normalized spacial score (nSPS) is 19.1. The first-order chi connectivity index (χ1) is 9.70. The van der Waals surface area contributed by atoms with Crippen LogP contribution in [0.15, 0.2) is 24.5 Å². The number of carbonyl (C=O) groups is 1. The fourth-order valence-electron chi connectivity index (χ4n) is 2.83. The number of hydrogen-bond donors (Lipinski definition) is 1. The molecule has 4 heteroatoms. The summed E-state index contributed by atoms with van der Waals surface area (Å²) in [5.74, 6) is 0.219. The Bertz CT molecular complexity index is 429. The van der Waals surface area contributed by atoms with E-state index in [0.717, 1.165) is 25.9 Å². The van der Waals surface area contributed by atoms with Crippen LogP contribution in [0.1, 0.15) is 37.7 Å². The third-order valence-electron chi connectivity index (χ3n) is 4.05. The maximum atomic E-state index is 12.4. The van der Waals surface area contributed by atoms with Gasteiger partial charge in [0.05, 0.1) is 6.42 Å². The van der Waals surface area contributed by atoms with Crippen molar-refractivity contribution in [2.24, 2.45) is 0 Å². The van der Waals surface area contributed by atoms with Crippen molar-refractivity contribution in [3.05, 3.63) is 30.1 Å². The van der Waals surface area contributed by atoms with Gasteiger partial charge in [0, 0.05) is 31.3 Å². The Labute approximate surface area is 121 Å². The average molecular weight is 277 g/mol. The van der Waals surface area contributed by atoms with Gasteiger partial charge in [-0.2, -0.15) is 0 Å². The molecule has 2 heterocycles. The van der Waals surface area contributed by atoms with Crippen molar-refractivity contribution in [2.75, 3.05) is 13.2 Å². The molecule has 1 unspecified atom stereocenters. The third-order valence-corrected chi connectivity index (χ3v) is 4.05. The highest BCUT2D eigenvalue weighted by atomic mass is 16.3. The largest absolute Gasteiger partial charge is 0.396 e. The molecule has 1 atom stereocenters. The molecular formula is C16H25N2O2+. The molecule has 1 saturated heterocycles. The highest BCUT2D eigenvalue weighted by Crippen LogP contribution is 2.20. The van der Waals surface area contributed by atoms with Crippen molar-refractivity contribution in [3.8, 4) is 0 Å². The van der Waals surface area contributed by atoms with Gasteiger partial charge in [-0.25, -0.2) is 4.57 Å². The number of aromatic nitrogens is 1. The molecule has 20 heavy (non-hydrogen) atoms. The quantitative estimate of drug-likeness (QED) is 0.828. The molecule has 0 aliphatic carbocycles. The first kappa shape index (κ1) is 15.0. The Morgan fingerprint density at radius 2 is 2.15 bits per heavy atom. The van der Waals surface area contributed by atoms with E-state index in [1.165, 1.54) is 12.0 Å². The van der Waals surface area contributed by atoms with Gasteiger partial charge in [0.2, 0.25) is 5.91 Å². The number of likely N-dealkylation sites (tertiary alicyclic amines) is 1. The molecule has 4 nitrogen and oxygen atoms in total. The lowest BCUT2D eigenvalue weighted by Crippen LogP contribution is -2.46. The highest BCUT2D eigenvalue weighted by molar-refractivity contribution is 5.76. The van der Waals surface area contributed by atoms with Gasteiger partial charge in [0.25, 0.3) is 0 Å². The van der Waals surface area contributed by atoms with Gasteiger partial charge in [-0.15, -0.1) is 0 Å². The van der Waals surface area contributed by atoms with E-state index in [0.29, 0.717) is 12.8 Å².